The summed E-state index contributed by atoms with van der Waals surface area (Å²) in [7, 11) is 1.58. The first-order valence-electron chi connectivity index (χ1n) is 8.92. The van der Waals surface area contributed by atoms with Crippen molar-refractivity contribution < 1.29 is 14.0 Å². The summed E-state index contributed by atoms with van der Waals surface area (Å²) in [6, 6.07) is 15.4. The van der Waals surface area contributed by atoms with Crippen molar-refractivity contribution in [2.24, 2.45) is 0 Å². The smallest absolute Gasteiger partial charge is 0.242 e. The van der Waals surface area contributed by atoms with Crippen molar-refractivity contribution >= 4 is 23.6 Å². The van der Waals surface area contributed by atoms with Gasteiger partial charge in [0.05, 0.1) is 5.75 Å². The molecule has 6 heteroatoms. The third-order valence-corrected chi connectivity index (χ3v) is 5.22. The van der Waals surface area contributed by atoms with Crippen molar-refractivity contribution in [3.63, 3.8) is 0 Å². The van der Waals surface area contributed by atoms with Crippen LogP contribution in [0.5, 0.6) is 0 Å². The minimum Gasteiger partial charge on any atom is -0.357 e. The van der Waals surface area contributed by atoms with Gasteiger partial charge in [0.2, 0.25) is 11.8 Å². The number of carbonyl (C=O) groups excluding carboxylic acids is 2. The molecule has 1 N–H and O–H groups in total. The van der Waals surface area contributed by atoms with Crippen LogP contribution in [0.15, 0.2) is 54.6 Å². The molecule has 1 unspecified atom stereocenters. The third kappa shape index (κ3) is 6.40. The quantitative estimate of drug-likeness (QED) is 0.714. The Hall–Kier alpha value is -2.34. The molecule has 0 radical (unpaired) electrons. The van der Waals surface area contributed by atoms with Crippen LogP contribution in [0.2, 0.25) is 0 Å². The van der Waals surface area contributed by atoms with E-state index in [0.29, 0.717) is 18.7 Å². The molecule has 0 heterocycles. The Balaban J connectivity index is 2.05. The van der Waals surface area contributed by atoms with Crippen molar-refractivity contribution in [2.45, 2.75) is 31.7 Å². The van der Waals surface area contributed by atoms with E-state index in [0.717, 1.165) is 11.1 Å². The number of likely N-dealkylation sites (N-methyl/N-ethyl adjacent to an activating group) is 1. The van der Waals surface area contributed by atoms with Gasteiger partial charge in [0.15, 0.2) is 0 Å². The fourth-order valence-electron chi connectivity index (χ4n) is 2.79. The lowest BCUT2D eigenvalue weighted by molar-refractivity contribution is -0.139. The summed E-state index contributed by atoms with van der Waals surface area (Å²) in [5.74, 6) is 0.358. The first kappa shape index (κ1) is 21.0. The van der Waals surface area contributed by atoms with Gasteiger partial charge in [0.1, 0.15) is 11.9 Å². The number of nitrogens with zero attached hydrogens (tertiary/aromatic N) is 1. The zero-order chi connectivity index (χ0) is 19.6. The SMILES string of the molecule is CCC(C(=O)NC)N(Cc1ccccc1)C(=O)CSCc1ccc(F)cc1. The molecule has 0 aromatic heterocycles. The molecule has 2 aromatic rings. The number of halogens is 1. The second-order valence-corrected chi connectivity index (χ2v) is 7.15. The topological polar surface area (TPSA) is 49.4 Å². The summed E-state index contributed by atoms with van der Waals surface area (Å²) in [5, 5.41) is 2.65. The largest absolute Gasteiger partial charge is 0.357 e. The first-order chi connectivity index (χ1) is 13.0. The standard InChI is InChI=1S/C21H25FN2O2S/c1-3-19(21(26)23-2)24(13-16-7-5-4-6-8-16)20(25)15-27-14-17-9-11-18(22)12-10-17/h4-12,19H,3,13-15H2,1-2H3,(H,23,26). The van der Waals surface area contributed by atoms with Crippen LogP contribution < -0.4 is 5.32 Å². The fourth-order valence-corrected chi connectivity index (χ4v) is 3.66. The van der Waals surface area contributed by atoms with Gasteiger partial charge in [-0.3, -0.25) is 9.59 Å². The van der Waals surface area contributed by atoms with Crippen molar-refractivity contribution in [1.29, 1.82) is 0 Å². The number of hydrogen-bond donors (Lipinski definition) is 1. The van der Waals surface area contributed by atoms with Crippen LogP contribution in [0.3, 0.4) is 0 Å². The van der Waals surface area contributed by atoms with Crippen LogP contribution in [0, 0.1) is 5.82 Å². The van der Waals surface area contributed by atoms with E-state index in [-0.39, 0.29) is 23.4 Å². The zero-order valence-corrected chi connectivity index (χ0v) is 16.5. The number of carbonyl (C=O) groups is 2. The van der Waals surface area contributed by atoms with Crippen molar-refractivity contribution in [3.8, 4) is 0 Å². The van der Waals surface area contributed by atoms with Gasteiger partial charge in [0, 0.05) is 19.3 Å². The molecule has 2 amide bonds. The molecule has 0 aliphatic carbocycles. The molecule has 1 atom stereocenters. The second kappa shape index (κ2) is 10.7. The highest BCUT2D eigenvalue weighted by Gasteiger charge is 2.27. The predicted octanol–water partition coefficient (Wildman–Crippen LogP) is 3.61. The summed E-state index contributed by atoms with van der Waals surface area (Å²) in [4.78, 5) is 26.8. The molecular weight excluding hydrogens is 363 g/mol. The average Bonchev–Trinajstić information content (AvgIpc) is 2.69. The molecule has 2 aromatic carbocycles. The van der Waals surface area contributed by atoms with Crippen molar-refractivity contribution in [1.82, 2.24) is 10.2 Å². The van der Waals surface area contributed by atoms with Gasteiger partial charge in [-0.2, -0.15) is 0 Å². The predicted molar refractivity (Wildman–Crippen MR) is 108 cm³/mol. The second-order valence-electron chi connectivity index (χ2n) is 6.16. The lowest BCUT2D eigenvalue weighted by atomic mass is 10.1. The molecule has 0 saturated heterocycles. The normalized spacial score (nSPS) is 11.7. The molecular formula is C21H25FN2O2S. The van der Waals surface area contributed by atoms with E-state index in [1.165, 1.54) is 23.9 Å². The Morgan fingerprint density at radius 2 is 1.74 bits per heavy atom. The molecule has 0 saturated carbocycles. The summed E-state index contributed by atoms with van der Waals surface area (Å²) in [6.45, 7) is 2.29. The molecule has 27 heavy (non-hydrogen) atoms. The zero-order valence-electron chi connectivity index (χ0n) is 15.7. The molecule has 4 nitrogen and oxygen atoms in total. The van der Waals surface area contributed by atoms with Gasteiger partial charge in [-0.15, -0.1) is 11.8 Å². The maximum atomic E-state index is 13.0. The number of thioether (sulfide) groups is 1. The summed E-state index contributed by atoms with van der Waals surface area (Å²) < 4.78 is 13.0. The van der Waals surface area contributed by atoms with E-state index in [4.69, 9.17) is 0 Å². The van der Waals surface area contributed by atoms with Crippen LogP contribution >= 0.6 is 11.8 Å². The number of benzene rings is 2. The highest BCUT2D eigenvalue weighted by atomic mass is 32.2. The van der Waals surface area contributed by atoms with E-state index in [1.54, 1.807) is 24.1 Å². The third-order valence-electron chi connectivity index (χ3n) is 4.24. The van der Waals surface area contributed by atoms with Crippen molar-refractivity contribution in [2.75, 3.05) is 12.8 Å². The van der Waals surface area contributed by atoms with E-state index in [1.807, 2.05) is 37.3 Å². The maximum Gasteiger partial charge on any atom is 0.242 e. The minimum absolute atomic E-state index is 0.0820. The lowest BCUT2D eigenvalue weighted by Gasteiger charge is -2.30. The number of amides is 2. The van der Waals surface area contributed by atoms with Crippen LogP contribution in [0.1, 0.15) is 24.5 Å². The Kier molecular flexibility index (Phi) is 8.33. The van der Waals surface area contributed by atoms with Gasteiger partial charge in [-0.05, 0) is 29.7 Å². The van der Waals surface area contributed by atoms with Crippen molar-refractivity contribution in [3.05, 3.63) is 71.5 Å². The monoisotopic (exact) mass is 388 g/mol. The number of nitrogens with one attached hydrogen (secondary N) is 1. The van der Waals surface area contributed by atoms with E-state index in [2.05, 4.69) is 5.32 Å². The first-order valence-corrected chi connectivity index (χ1v) is 10.1. The molecule has 0 aliphatic heterocycles. The van der Waals surface area contributed by atoms with Crippen LogP contribution in [-0.4, -0.2) is 35.6 Å². The maximum absolute atomic E-state index is 13.0. The van der Waals surface area contributed by atoms with Crippen LogP contribution in [-0.2, 0) is 21.9 Å². The molecule has 0 fully saturated rings. The highest BCUT2D eigenvalue weighted by molar-refractivity contribution is 7.99. The summed E-state index contributed by atoms with van der Waals surface area (Å²) >= 11 is 1.46. The number of hydrogen-bond acceptors (Lipinski definition) is 3. The van der Waals surface area contributed by atoms with Gasteiger partial charge >= 0.3 is 0 Å². The number of rotatable bonds is 9. The Morgan fingerprint density at radius 1 is 1.07 bits per heavy atom. The summed E-state index contributed by atoms with van der Waals surface area (Å²) in [6.07, 6.45) is 0.543. The van der Waals surface area contributed by atoms with Crippen LogP contribution in [0.25, 0.3) is 0 Å². The average molecular weight is 389 g/mol. The van der Waals surface area contributed by atoms with Gasteiger partial charge in [-0.25, -0.2) is 4.39 Å². The molecule has 144 valence electrons. The van der Waals surface area contributed by atoms with Gasteiger partial charge in [-0.1, -0.05) is 49.4 Å². The van der Waals surface area contributed by atoms with Crippen LogP contribution in [0.4, 0.5) is 4.39 Å². The highest BCUT2D eigenvalue weighted by Crippen LogP contribution is 2.17. The van der Waals surface area contributed by atoms with E-state index < -0.39 is 6.04 Å². The van der Waals surface area contributed by atoms with E-state index in [9.17, 15) is 14.0 Å². The Bertz CT molecular complexity index is 738. The molecule has 2 rings (SSSR count). The molecule has 0 spiro atoms. The fraction of sp³-hybridized carbons (Fsp3) is 0.333. The molecule has 0 aliphatic rings. The Morgan fingerprint density at radius 3 is 2.33 bits per heavy atom. The van der Waals surface area contributed by atoms with Gasteiger partial charge < -0.3 is 10.2 Å². The Labute approximate surface area is 164 Å². The lowest BCUT2D eigenvalue weighted by Crippen LogP contribution is -2.48. The minimum atomic E-state index is -0.505. The molecule has 0 bridgehead atoms. The van der Waals surface area contributed by atoms with Gasteiger partial charge in [0.25, 0.3) is 0 Å². The summed E-state index contributed by atoms with van der Waals surface area (Å²) in [5.41, 5.74) is 1.94. The van der Waals surface area contributed by atoms with E-state index >= 15 is 0 Å².